The van der Waals surface area contributed by atoms with Crippen molar-refractivity contribution in [2.24, 2.45) is 0 Å². The van der Waals surface area contributed by atoms with E-state index >= 15 is 0 Å². The second-order valence-corrected chi connectivity index (χ2v) is 4.97. The second kappa shape index (κ2) is 6.69. The van der Waals surface area contributed by atoms with E-state index in [1.54, 1.807) is 18.2 Å². The first kappa shape index (κ1) is 14.9. The van der Waals surface area contributed by atoms with Crippen LogP contribution >= 0.6 is 0 Å². The molecular formula is C14H21F2NO. The van der Waals surface area contributed by atoms with Crippen molar-refractivity contribution >= 4 is 0 Å². The van der Waals surface area contributed by atoms with Crippen LogP contribution in [0.15, 0.2) is 24.3 Å². The molecule has 0 radical (unpaired) electrons. The third kappa shape index (κ3) is 5.00. The van der Waals surface area contributed by atoms with Crippen molar-refractivity contribution in [3.8, 4) is 5.75 Å². The lowest BCUT2D eigenvalue weighted by Crippen LogP contribution is -2.38. The molecule has 0 aliphatic carbocycles. The Morgan fingerprint density at radius 2 is 1.94 bits per heavy atom. The minimum atomic E-state index is -2.78. The number of benzene rings is 1. The van der Waals surface area contributed by atoms with Crippen molar-refractivity contribution in [1.82, 2.24) is 5.32 Å². The van der Waals surface area contributed by atoms with Gasteiger partial charge in [-0.1, -0.05) is 31.5 Å². The van der Waals surface area contributed by atoms with Crippen molar-refractivity contribution in [2.45, 2.75) is 52.3 Å². The summed E-state index contributed by atoms with van der Waals surface area (Å²) >= 11 is 0. The Balaban J connectivity index is 2.66. The minimum Gasteiger partial charge on any atom is -0.434 e. The summed E-state index contributed by atoms with van der Waals surface area (Å²) in [6.07, 6.45) is 2.11. The van der Waals surface area contributed by atoms with Crippen LogP contribution in [0.5, 0.6) is 5.75 Å². The van der Waals surface area contributed by atoms with E-state index in [2.05, 4.69) is 30.8 Å². The smallest absolute Gasteiger partial charge is 0.387 e. The lowest BCUT2D eigenvalue weighted by molar-refractivity contribution is -0.0505. The highest BCUT2D eigenvalue weighted by Crippen LogP contribution is 2.21. The third-order valence-electron chi connectivity index (χ3n) is 2.82. The SMILES string of the molecule is CCCC(C)(C)NCc1ccccc1OC(F)F. The number of para-hydroxylation sites is 1. The van der Waals surface area contributed by atoms with Crippen molar-refractivity contribution in [3.63, 3.8) is 0 Å². The van der Waals surface area contributed by atoms with Crippen LogP contribution in [-0.4, -0.2) is 12.2 Å². The standard InChI is InChI=1S/C14H21F2NO/c1-4-9-14(2,3)17-10-11-7-5-6-8-12(11)18-13(15)16/h5-8,13,17H,4,9-10H2,1-3H3. The highest BCUT2D eigenvalue weighted by Gasteiger charge is 2.16. The van der Waals surface area contributed by atoms with E-state index in [1.807, 2.05) is 6.07 Å². The number of hydrogen-bond acceptors (Lipinski definition) is 2. The fourth-order valence-electron chi connectivity index (χ4n) is 1.91. The van der Waals surface area contributed by atoms with Gasteiger partial charge in [-0.05, 0) is 26.3 Å². The Bertz CT molecular complexity index is 367. The number of rotatable bonds is 7. The molecule has 102 valence electrons. The predicted molar refractivity (Wildman–Crippen MR) is 68.9 cm³/mol. The summed E-state index contributed by atoms with van der Waals surface area (Å²) in [6.45, 7) is 4.07. The third-order valence-corrected chi connectivity index (χ3v) is 2.82. The quantitative estimate of drug-likeness (QED) is 0.798. The van der Waals surface area contributed by atoms with E-state index in [-0.39, 0.29) is 11.3 Å². The Morgan fingerprint density at radius 3 is 2.56 bits per heavy atom. The van der Waals surface area contributed by atoms with Gasteiger partial charge in [-0.25, -0.2) is 0 Å². The van der Waals surface area contributed by atoms with Gasteiger partial charge in [0.05, 0.1) is 0 Å². The first-order valence-corrected chi connectivity index (χ1v) is 6.22. The summed E-state index contributed by atoms with van der Waals surface area (Å²) in [7, 11) is 0. The molecule has 0 fully saturated rings. The fraction of sp³-hybridized carbons (Fsp3) is 0.571. The molecule has 0 saturated carbocycles. The van der Waals surface area contributed by atoms with Crippen LogP contribution in [0.1, 0.15) is 39.2 Å². The number of alkyl halides is 2. The van der Waals surface area contributed by atoms with Gasteiger partial charge in [-0.15, -0.1) is 0 Å². The number of nitrogens with one attached hydrogen (secondary N) is 1. The zero-order chi connectivity index (χ0) is 13.6. The van der Waals surface area contributed by atoms with Gasteiger partial charge in [0.15, 0.2) is 0 Å². The van der Waals surface area contributed by atoms with Crippen LogP contribution in [0.2, 0.25) is 0 Å². The van der Waals surface area contributed by atoms with E-state index in [4.69, 9.17) is 0 Å². The molecule has 0 amide bonds. The van der Waals surface area contributed by atoms with Crippen LogP contribution in [0.4, 0.5) is 8.78 Å². The average Bonchev–Trinajstić information content (AvgIpc) is 2.27. The van der Waals surface area contributed by atoms with Gasteiger partial charge >= 0.3 is 6.61 Å². The molecule has 0 aromatic heterocycles. The molecule has 0 saturated heterocycles. The molecule has 0 aliphatic rings. The summed E-state index contributed by atoms with van der Waals surface area (Å²) in [5.74, 6) is 0.243. The van der Waals surface area contributed by atoms with Gasteiger partial charge in [0.2, 0.25) is 0 Å². The maximum Gasteiger partial charge on any atom is 0.387 e. The Kier molecular flexibility index (Phi) is 5.54. The molecule has 1 N–H and O–H groups in total. The van der Waals surface area contributed by atoms with Crippen LogP contribution in [-0.2, 0) is 6.54 Å². The van der Waals surface area contributed by atoms with Crippen molar-refractivity contribution in [3.05, 3.63) is 29.8 Å². The summed E-state index contributed by atoms with van der Waals surface area (Å²) in [4.78, 5) is 0. The lowest BCUT2D eigenvalue weighted by atomic mass is 9.98. The highest BCUT2D eigenvalue weighted by atomic mass is 19.3. The molecule has 0 heterocycles. The van der Waals surface area contributed by atoms with Gasteiger partial charge in [-0.2, -0.15) is 8.78 Å². The van der Waals surface area contributed by atoms with Crippen LogP contribution in [0, 0.1) is 0 Å². The molecule has 1 aromatic rings. The molecule has 0 aliphatic heterocycles. The first-order chi connectivity index (χ1) is 8.44. The summed E-state index contributed by atoms with van der Waals surface area (Å²) < 4.78 is 29.0. The van der Waals surface area contributed by atoms with Crippen LogP contribution < -0.4 is 10.1 Å². The molecule has 1 rings (SSSR count). The second-order valence-electron chi connectivity index (χ2n) is 4.97. The van der Waals surface area contributed by atoms with Crippen molar-refractivity contribution in [2.75, 3.05) is 0 Å². The summed E-state index contributed by atoms with van der Waals surface area (Å²) in [5.41, 5.74) is 0.745. The number of halogens is 2. The molecule has 0 unspecified atom stereocenters. The Labute approximate surface area is 107 Å². The molecule has 0 bridgehead atoms. The maximum atomic E-state index is 12.3. The molecule has 4 heteroatoms. The highest BCUT2D eigenvalue weighted by molar-refractivity contribution is 5.33. The van der Waals surface area contributed by atoms with E-state index in [0.29, 0.717) is 6.54 Å². The van der Waals surface area contributed by atoms with E-state index in [1.165, 1.54) is 0 Å². The number of ether oxygens (including phenoxy) is 1. The zero-order valence-corrected chi connectivity index (χ0v) is 11.2. The van der Waals surface area contributed by atoms with Crippen molar-refractivity contribution < 1.29 is 13.5 Å². The van der Waals surface area contributed by atoms with Crippen molar-refractivity contribution in [1.29, 1.82) is 0 Å². The molecule has 0 spiro atoms. The fourth-order valence-corrected chi connectivity index (χ4v) is 1.91. The normalized spacial score (nSPS) is 11.9. The number of hydrogen-bond donors (Lipinski definition) is 1. The van der Waals surface area contributed by atoms with Gasteiger partial charge in [0.25, 0.3) is 0 Å². The molecule has 0 atom stereocenters. The largest absolute Gasteiger partial charge is 0.434 e. The van der Waals surface area contributed by atoms with Crippen LogP contribution in [0.25, 0.3) is 0 Å². The minimum absolute atomic E-state index is 0.00725. The molecule has 2 nitrogen and oxygen atoms in total. The average molecular weight is 257 g/mol. The lowest BCUT2D eigenvalue weighted by Gasteiger charge is -2.26. The molecular weight excluding hydrogens is 236 g/mol. The summed E-state index contributed by atoms with van der Waals surface area (Å²) in [6, 6.07) is 6.88. The van der Waals surface area contributed by atoms with Gasteiger partial charge in [0.1, 0.15) is 5.75 Å². The monoisotopic (exact) mass is 257 g/mol. The van der Waals surface area contributed by atoms with E-state index in [9.17, 15) is 8.78 Å². The first-order valence-electron chi connectivity index (χ1n) is 6.22. The maximum absolute atomic E-state index is 12.3. The van der Waals surface area contributed by atoms with Gasteiger partial charge < -0.3 is 10.1 Å². The zero-order valence-electron chi connectivity index (χ0n) is 11.2. The predicted octanol–water partition coefficient (Wildman–Crippen LogP) is 3.96. The topological polar surface area (TPSA) is 21.3 Å². The molecule has 1 aromatic carbocycles. The Morgan fingerprint density at radius 1 is 1.28 bits per heavy atom. The van der Waals surface area contributed by atoms with Crippen LogP contribution in [0.3, 0.4) is 0 Å². The van der Waals surface area contributed by atoms with E-state index in [0.717, 1.165) is 18.4 Å². The van der Waals surface area contributed by atoms with Gasteiger partial charge in [-0.3, -0.25) is 0 Å². The van der Waals surface area contributed by atoms with Gasteiger partial charge in [0, 0.05) is 17.6 Å². The Hall–Kier alpha value is -1.16. The molecule has 18 heavy (non-hydrogen) atoms. The van der Waals surface area contributed by atoms with E-state index < -0.39 is 6.61 Å². The summed E-state index contributed by atoms with van der Waals surface area (Å²) in [5, 5.41) is 3.36.